The summed E-state index contributed by atoms with van der Waals surface area (Å²) in [7, 11) is 1.97. The maximum atomic E-state index is 12.8. The molecule has 1 amide bonds. The molecule has 4 nitrogen and oxygen atoms in total. The number of hydrogen-bond acceptors (Lipinski definition) is 3. The van der Waals surface area contributed by atoms with Crippen LogP contribution in [0, 0.1) is 0 Å². The molecule has 1 fully saturated rings. The molecule has 2 heterocycles. The molecule has 3 rings (SSSR count). The monoisotopic (exact) mass is 433 g/mol. The Hall–Kier alpha value is -1.83. The van der Waals surface area contributed by atoms with Crippen molar-refractivity contribution in [1.82, 2.24) is 15.2 Å². The maximum absolute atomic E-state index is 12.8. The van der Waals surface area contributed by atoms with E-state index < -0.39 is 28.5 Å². The van der Waals surface area contributed by atoms with Crippen molar-refractivity contribution in [1.29, 1.82) is 0 Å². The standard InChI is InChI=1S/C19H19ClF3N3O.ClH/c1-26-11-5-10-18(12-26,13-6-3-2-4-7-13)25-17(27)14-8-9-15(19(21,22)23)24-16(14)20;/h2-4,6-9H,5,10-12H2,1H3,(H,25,27);1H. The zero-order valence-electron chi connectivity index (χ0n) is 15.1. The Morgan fingerprint density at radius 2 is 1.89 bits per heavy atom. The number of nitrogens with zero attached hydrogens (tertiary/aromatic N) is 2. The van der Waals surface area contributed by atoms with Crippen molar-refractivity contribution < 1.29 is 18.0 Å². The molecule has 0 spiro atoms. The van der Waals surface area contributed by atoms with Crippen LogP contribution < -0.4 is 5.32 Å². The molecule has 1 N–H and O–H groups in total. The number of benzene rings is 1. The Morgan fingerprint density at radius 3 is 2.46 bits per heavy atom. The van der Waals surface area contributed by atoms with Gasteiger partial charge in [0.1, 0.15) is 10.8 Å². The van der Waals surface area contributed by atoms with Crippen LogP contribution in [0.1, 0.15) is 34.5 Å². The second-order valence-corrected chi connectivity index (χ2v) is 7.13. The topological polar surface area (TPSA) is 45.2 Å². The summed E-state index contributed by atoms with van der Waals surface area (Å²) in [6.45, 7) is 1.50. The van der Waals surface area contributed by atoms with Crippen LogP contribution >= 0.6 is 24.0 Å². The number of nitrogens with one attached hydrogen (secondary N) is 1. The van der Waals surface area contributed by atoms with E-state index in [1.54, 1.807) is 0 Å². The maximum Gasteiger partial charge on any atom is 0.433 e. The molecule has 1 aliphatic heterocycles. The molecular weight excluding hydrogens is 414 g/mol. The predicted octanol–water partition coefficient (Wildman–Crippen LogP) is 4.53. The lowest BCUT2D eigenvalue weighted by Crippen LogP contribution is -2.55. The molecule has 1 aromatic carbocycles. The van der Waals surface area contributed by atoms with Crippen molar-refractivity contribution in [2.75, 3.05) is 20.1 Å². The van der Waals surface area contributed by atoms with Crippen molar-refractivity contribution in [2.24, 2.45) is 0 Å². The van der Waals surface area contributed by atoms with E-state index in [2.05, 4.69) is 15.2 Å². The zero-order valence-corrected chi connectivity index (χ0v) is 16.7. The number of halogens is 5. The number of amides is 1. The van der Waals surface area contributed by atoms with Crippen molar-refractivity contribution in [3.05, 3.63) is 64.4 Å². The molecular formula is C19H20Cl2F3N3O. The summed E-state index contributed by atoms with van der Waals surface area (Å²) in [4.78, 5) is 18.3. The van der Waals surface area contributed by atoms with Crippen LogP contribution in [0.3, 0.4) is 0 Å². The number of aromatic nitrogens is 1. The number of carbonyl (C=O) groups excluding carboxylic acids is 1. The van der Waals surface area contributed by atoms with Gasteiger partial charge in [0.05, 0.1) is 11.1 Å². The molecule has 0 bridgehead atoms. The van der Waals surface area contributed by atoms with Crippen molar-refractivity contribution in [2.45, 2.75) is 24.6 Å². The minimum atomic E-state index is -4.62. The van der Waals surface area contributed by atoms with E-state index in [0.29, 0.717) is 6.54 Å². The van der Waals surface area contributed by atoms with E-state index in [1.165, 1.54) is 0 Å². The van der Waals surface area contributed by atoms with E-state index in [4.69, 9.17) is 11.6 Å². The van der Waals surface area contributed by atoms with Crippen LogP contribution in [0.5, 0.6) is 0 Å². The van der Waals surface area contributed by atoms with Crippen molar-refractivity contribution in [3.63, 3.8) is 0 Å². The second-order valence-electron chi connectivity index (χ2n) is 6.78. The Bertz CT molecular complexity index is 833. The van der Waals surface area contributed by atoms with Crippen LogP contribution in [0.25, 0.3) is 0 Å². The largest absolute Gasteiger partial charge is 0.433 e. The zero-order chi connectivity index (χ0) is 19.7. The van der Waals surface area contributed by atoms with Gasteiger partial charge in [-0.3, -0.25) is 4.79 Å². The molecule has 9 heteroatoms. The first-order valence-corrected chi connectivity index (χ1v) is 8.89. The summed E-state index contributed by atoms with van der Waals surface area (Å²) in [6.07, 6.45) is -3.01. The number of likely N-dealkylation sites (N-methyl/N-ethyl adjacent to an activating group) is 1. The van der Waals surface area contributed by atoms with Crippen LogP contribution in [0.15, 0.2) is 42.5 Å². The Morgan fingerprint density at radius 1 is 1.21 bits per heavy atom. The van der Waals surface area contributed by atoms with Gasteiger partial charge in [0, 0.05) is 6.54 Å². The smallest absolute Gasteiger partial charge is 0.341 e. The summed E-state index contributed by atoms with van der Waals surface area (Å²) >= 11 is 5.89. The van der Waals surface area contributed by atoms with Gasteiger partial charge >= 0.3 is 6.18 Å². The van der Waals surface area contributed by atoms with Gasteiger partial charge in [-0.15, -0.1) is 12.4 Å². The fourth-order valence-electron chi connectivity index (χ4n) is 3.48. The summed E-state index contributed by atoms with van der Waals surface area (Å²) in [5.74, 6) is -0.541. The fraction of sp³-hybridized carbons (Fsp3) is 0.368. The summed E-state index contributed by atoms with van der Waals surface area (Å²) in [5.41, 5.74) is -0.898. The Labute approximate surface area is 172 Å². The highest BCUT2D eigenvalue weighted by atomic mass is 35.5. The van der Waals surface area contributed by atoms with Gasteiger partial charge in [-0.25, -0.2) is 4.98 Å². The van der Waals surface area contributed by atoms with Gasteiger partial charge in [0.2, 0.25) is 0 Å². The first-order valence-electron chi connectivity index (χ1n) is 8.52. The van der Waals surface area contributed by atoms with E-state index >= 15 is 0 Å². The highest BCUT2D eigenvalue weighted by Gasteiger charge is 2.38. The number of rotatable bonds is 3. The number of piperidine rings is 1. The molecule has 1 aromatic heterocycles. The van der Waals surface area contributed by atoms with Crippen molar-refractivity contribution >= 4 is 29.9 Å². The Kier molecular flexibility index (Phi) is 6.96. The molecule has 1 atom stereocenters. The van der Waals surface area contributed by atoms with Crippen molar-refractivity contribution in [3.8, 4) is 0 Å². The molecule has 1 unspecified atom stereocenters. The first kappa shape index (κ1) is 22.5. The number of alkyl halides is 3. The lowest BCUT2D eigenvalue weighted by atomic mass is 9.82. The molecule has 1 aliphatic rings. The second kappa shape index (κ2) is 8.68. The van der Waals surface area contributed by atoms with Gasteiger partial charge < -0.3 is 10.2 Å². The number of pyridine rings is 1. The molecule has 152 valence electrons. The van der Waals surface area contributed by atoms with E-state index in [0.717, 1.165) is 37.1 Å². The van der Waals surface area contributed by atoms with Gasteiger partial charge in [-0.2, -0.15) is 13.2 Å². The molecule has 28 heavy (non-hydrogen) atoms. The third-order valence-electron chi connectivity index (χ3n) is 4.75. The van der Waals surface area contributed by atoms with Gasteiger partial charge in [0.15, 0.2) is 0 Å². The lowest BCUT2D eigenvalue weighted by Gasteiger charge is -2.42. The highest BCUT2D eigenvalue weighted by Crippen LogP contribution is 2.33. The molecule has 0 aliphatic carbocycles. The first-order chi connectivity index (χ1) is 12.7. The molecule has 0 saturated carbocycles. The SMILES string of the molecule is CN1CCCC(NC(=O)c2ccc(C(F)(F)F)nc2Cl)(c2ccccc2)C1.Cl. The van der Waals surface area contributed by atoms with Crippen LogP contribution in [-0.2, 0) is 11.7 Å². The fourth-order valence-corrected chi connectivity index (χ4v) is 3.72. The summed E-state index contributed by atoms with van der Waals surface area (Å²) in [5, 5.41) is 2.54. The van der Waals surface area contributed by atoms with E-state index in [9.17, 15) is 18.0 Å². The minimum Gasteiger partial charge on any atom is -0.341 e. The van der Waals surface area contributed by atoms with Gasteiger partial charge in [0.25, 0.3) is 5.91 Å². The number of hydrogen-bond donors (Lipinski definition) is 1. The average Bonchev–Trinajstić information content (AvgIpc) is 2.61. The quantitative estimate of drug-likeness (QED) is 0.723. The minimum absolute atomic E-state index is 0. The number of likely N-dealkylation sites (tertiary alicyclic amines) is 1. The number of carbonyl (C=O) groups is 1. The van der Waals surface area contributed by atoms with Gasteiger partial charge in [-0.1, -0.05) is 41.9 Å². The third kappa shape index (κ3) is 4.77. The summed E-state index contributed by atoms with van der Waals surface area (Å²) < 4.78 is 38.3. The Balaban J connectivity index is 0.00000280. The van der Waals surface area contributed by atoms with E-state index in [-0.39, 0.29) is 18.0 Å². The molecule has 2 aromatic rings. The van der Waals surface area contributed by atoms with Gasteiger partial charge in [-0.05, 0) is 44.1 Å². The van der Waals surface area contributed by atoms with Crippen LogP contribution in [0.2, 0.25) is 5.15 Å². The predicted molar refractivity (Wildman–Crippen MR) is 104 cm³/mol. The normalized spacial score (nSPS) is 20.3. The third-order valence-corrected chi connectivity index (χ3v) is 5.03. The highest BCUT2D eigenvalue weighted by molar-refractivity contribution is 6.32. The molecule has 0 radical (unpaired) electrons. The van der Waals surface area contributed by atoms with Crippen LogP contribution in [0.4, 0.5) is 13.2 Å². The van der Waals surface area contributed by atoms with Crippen LogP contribution in [-0.4, -0.2) is 35.9 Å². The average molecular weight is 434 g/mol. The van der Waals surface area contributed by atoms with E-state index in [1.807, 2.05) is 37.4 Å². The summed E-state index contributed by atoms with van der Waals surface area (Å²) in [6, 6.07) is 11.4. The lowest BCUT2D eigenvalue weighted by molar-refractivity contribution is -0.141. The molecule has 1 saturated heterocycles.